The van der Waals surface area contributed by atoms with Crippen molar-refractivity contribution < 1.29 is 26.4 Å². The van der Waals surface area contributed by atoms with Crippen LogP contribution in [0.15, 0.2) is 77.8 Å². The van der Waals surface area contributed by atoms with Crippen molar-refractivity contribution in [3.05, 3.63) is 78.6 Å². The summed E-state index contributed by atoms with van der Waals surface area (Å²) in [5, 5.41) is 4.20. The standard InChI is InChI=1S/C22H19F3N4O3S/c1-15(2)32-29(33(30,31)16-8-4-3-5-9-16)21-14-20(22(23,24)25)27-28(21)19-12-6-11-18-17(19)10-7-13-26-18/h3-15H,1-2H3. The lowest BCUT2D eigenvalue weighted by atomic mass is 10.2. The quantitative estimate of drug-likeness (QED) is 0.367. The molecule has 4 rings (SSSR count). The van der Waals surface area contributed by atoms with Crippen LogP contribution in [-0.2, 0) is 21.0 Å². The third-order valence-corrected chi connectivity index (χ3v) is 6.16. The van der Waals surface area contributed by atoms with Crippen molar-refractivity contribution in [2.75, 3.05) is 4.47 Å². The molecule has 7 nitrogen and oxygen atoms in total. The number of benzene rings is 2. The number of alkyl halides is 3. The number of rotatable bonds is 6. The number of hydrogen-bond donors (Lipinski definition) is 0. The van der Waals surface area contributed by atoms with Crippen molar-refractivity contribution in [3.8, 4) is 5.69 Å². The van der Waals surface area contributed by atoms with Crippen molar-refractivity contribution in [2.45, 2.75) is 31.0 Å². The fraction of sp³-hybridized carbons (Fsp3) is 0.182. The van der Waals surface area contributed by atoms with Gasteiger partial charge in [-0.2, -0.15) is 26.7 Å². The molecule has 0 unspecified atom stereocenters. The van der Waals surface area contributed by atoms with Gasteiger partial charge in [0.2, 0.25) is 0 Å². The predicted molar refractivity (Wildman–Crippen MR) is 116 cm³/mol. The van der Waals surface area contributed by atoms with E-state index in [1.807, 2.05) is 0 Å². The Morgan fingerprint density at radius 2 is 1.73 bits per heavy atom. The summed E-state index contributed by atoms with van der Waals surface area (Å²) in [4.78, 5) is 9.63. The van der Waals surface area contributed by atoms with Crippen molar-refractivity contribution in [1.82, 2.24) is 14.8 Å². The molecule has 0 aliphatic heterocycles. The maximum Gasteiger partial charge on any atom is 0.435 e. The molecule has 0 radical (unpaired) electrons. The summed E-state index contributed by atoms with van der Waals surface area (Å²) in [6.07, 6.45) is -3.94. The van der Waals surface area contributed by atoms with E-state index in [0.29, 0.717) is 21.4 Å². The number of anilines is 1. The third-order valence-electron chi connectivity index (χ3n) is 4.58. The first kappa shape index (κ1) is 22.7. The van der Waals surface area contributed by atoms with Crippen molar-refractivity contribution in [2.24, 2.45) is 0 Å². The van der Waals surface area contributed by atoms with Crippen LogP contribution in [0.5, 0.6) is 0 Å². The highest BCUT2D eigenvalue weighted by Gasteiger charge is 2.39. The summed E-state index contributed by atoms with van der Waals surface area (Å²) in [5.74, 6) is -0.420. The van der Waals surface area contributed by atoms with E-state index in [0.717, 1.165) is 4.68 Å². The average molecular weight is 476 g/mol. The van der Waals surface area contributed by atoms with E-state index in [1.54, 1.807) is 50.4 Å². The minimum atomic E-state index is -4.82. The highest BCUT2D eigenvalue weighted by atomic mass is 32.2. The lowest BCUT2D eigenvalue weighted by Crippen LogP contribution is -2.35. The number of hydrogen-bond acceptors (Lipinski definition) is 5. The topological polar surface area (TPSA) is 77.3 Å². The maximum atomic E-state index is 13.7. The van der Waals surface area contributed by atoms with Gasteiger partial charge in [0.05, 0.1) is 22.2 Å². The molecule has 4 aromatic rings. The zero-order valence-corrected chi connectivity index (χ0v) is 18.4. The molecule has 0 saturated carbocycles. The number of sulfonamides is 1. The monoisotopic (exact) mass is 476 g/mol. The van der Waals surface area contributed by atoms with Gasteiger partial charge in [-0.1, -0.05) is 24.3 Å². The Kier molecular flexibility index (Phi) is 5.85. The number of aromatic nitrogens is 3. The molecule has 0 fully saturated rings. The molecular weight excluding hydrogens is 457 g/mol. The largest absolute Gasteiger partial charge is 0.435 e. The van der Waals surface area contributed by atoms with Gasteiger partial charge in [-0.3, -0.25) is 9.82 Å². The predicted octanol–water partition coefficient (Wildman–Crippen LogP) is 4.97. The third kappa shape index (κ3) is 4.41. The van der Waals surface area contributed by atoms with Gasteiger partial charge in [0.25, 0.3) is 10.0 Å². The Hall–Kier alpha value is -3.44. The SMILES string of the molecule is CC(C)ON(c1cc(C(F)(F)F)nn1-c1cccc2ncccc12)S(=O)(=O)c1ccccc1. The number of halogens is 3. The fourth-order valence-corrected chi connectivity index (χ4v) is 4.56. The van der Waals surface area contributed by atoms with E-state index in [1.165, 1.54) is 30.3 Å². The minimum Gasteiger partial charge on any atom is -0.256 e. The van der Waals surface area contributed by atoms with Crippen LogP contribution in [-0.4, -0.2) is 29.3 Å². The van der Waals surface area contributed by atoms with Gasteiger partial charge < -0.3 is 0 Å². The highest BCUT2D eigenvalue weighted by molar-refractivity contribution is 7.92. The second-order valence-corrected chi connectivity index (χ2v) is 9.10. The smallest absolute Gasteiger partial charge is 0.256 e. The summed E-state index contributed by atoms with van der Waals surface area (Å²) in [6.45, 7) is 3.14. The first-order valence-electron chi connectivity index (χ1n) is 9.87. The summed E-state index contributed by atoms with van der Waals surface area (Å²) < 4.78 is 69.3. The van der Waals surface area contributed by atoms with Gasteiger partial charge in [-0.25, -0.2) is 4.68 Å². The van der Waals surface area contributed by atoms with E-state index in [2.05, 4.69) is 10.1 Å². The molecule has 2 aromatic carbocycles. The zero-order valence-electron chi connectivity index (χ0n) is 17.6. The van der Waals surface area contributed by atoms with Crippen molar-refractivity contribution >= 4 is 26.7 Å². The Balaban J connectivity index is 2.01. The van der Waals surface area contributed by atoms with E-state index in [9.17, 15) is 21.6 Å². The zero-order chi connectivity index (χ0) is 23.8. The Labute approximate surface area is 188 Å². The number of fused-ring (bicyclic) bond motifs is 1. The van der Waals surface area contributed by atoms with Gasteiger partial charge >= 0.3 is 6.18 Å². The van der Waals surface area contributed by atoms with Crippen LogP contribution in [0.3, 0.4) is 0 Å². The molecule has 0 atom stereocenters. The van der Waals surface area contributed by atoms with Crippen LogP contribution in [0.2, 0.25) is 0 Å². The van der Waals surface area contributed by atoms with Gasteiger partial charge in [0.1, 0.15) is 0 Å². The van der Waals surface area contributed by atoms with Crippen LogP contribution < -0.4 is 4.47 Å². The van der Waals surface area contributed by atoms with Crippen molar-refractivity contribution in [1.29, 1.82) is 0 Å². The molecule has 0 aliphatic carbocycles. The molecule has 172 valence electrons. The van der Waals surface area contributed by atoms with Crippen LogP contribution >= 0.6 is 0 Å². The van der Waals surface area contributed by atoms with Crippen molar-refractivity contribution in [3.63, 3.8) is 0 Å². The first-order chi connectivity index (χ1) is 15.6. The second kappa shape index (κ2) is 8.49. The summed E-state index contributed by atoms with van der Waals surface area (Å²) in [5.41, 5.74) is -0.544. The molecule has 33 heavy (non-hydrogen) atoms. The van der Waals surface area contributed by atoms with Crippen LogP contribution in [0.25, 0.3) is 16.6 Å². The number of pyridine rings is 1. The molecular formula is C22H19F3N4O3S. The minimum absolute atomic E-state index is 0.147. The van der Waals surface area contributed by atoms with Gasteiger partial charge in [-0.15, -0.1) is 4.47 Å². The van der Waals surface area contributed by atoms with Gasteiger partial charge in [-0.05, 0) is 50.2 Å². The summed E-state index contributed by atoms with van der Waals surface area (Å²) >= 11 is 0. The lowest BCUT2D eigenvalue weighted by Gasteiger charge is -2.25. The molecule has 0 bridgehead atoms. The molecule has 0 spiro atoms. The summed E-state index contributed by atoms with van der Waals surface area (Å²) in [6, 6.07) is 16.1. The Morgan fingerprint density at radius 1 is 1.00 bits per heavy atom. The normalized spacial score (nSPS) is 12.4. The average Bonchev–Trinajstić information content (AvgIpc) is 3.23. The van der Waals surface area contributed by atoms with Gasteiger partial charge in [0.15, 0.2) is 11.5 Å². The lowest BCUT2D eigenvalue weighted by molar-refractivity contribution is -0.141. The number of nitrogens with zero attached hydrogens (tertiary/aromatic N) is 4. The van der Waals surface area contributed by atoms with E-state index >= 15 is 0 Å². The summed E-state index contributed by atoms with van der Waals surface area (Å²) in [7, 11) is -4.40. The molecule has 2 aromatic heterocycles. The second-order valence-electron chi connectivity index (χ2n) is 7.34. The first-order valence-corrected chi connectivity index (χ1v) is 11.3. The Bertz CT molecular complexity index is 1380. The van der Waals surface area contributed by atoms with E-state index in [4.69, 9.17) is 4.84 Å². The van der Waals surface area contributed by atoms with E-state index in [-0.39, 0.29) is 10.6 Å². The molecule has 0 saturated heterocycles. The maximum absolute atomic E-state index is 13.7. The van der Waals surface area contributed by atoms with Crippen LogP contribution in [0.4, 0.5) is 19.0 Å². The van der Waals surface area contributed by atoms with E-state index < -0.39 is 33.8 Å². The van der Waals surface area contributed by atoms with Crippen LogP contribution in [0.1, 0.15) is 19.5 Å². The Morgan fingerprint density at radius 3 is 2.39 bits per heavy atom. The van der Waals surface area contributed by atoms with Gasteiger partial charge in [0, 0.05) is 17.6 Å². The highest BCUT2D eigenvalue weighted by Crippen LogP contribution is 2.36. The fourth-order valence-electron chi connectivity index (χ4n) is 3.20. The molecule has 0 aliphatic rings. The molecule has 2 heterocycles. The van der Waals surface area contributed by atoms with Crippen LogP contribution in [0, 0.1) is 0 Å². The molecule has 0 amide bonds. The molecule has 0 N–H and O–H groups in total. The molecule has 11 heteroatoms.